The summed E-state index contributed by atoms with van der Waals surface area (Å²) >= 11 is 1.72. The first-order valence-electron chi connectivity index (χ1n) is 6.20. The number of thiophene rings is 1. The van der Waals surface area contributed by atoms with Gasteiger partial charge >= 0.3 is 0 Å². The van der Waals surface area contributed by atoms with Crippen molar-refractivity contribution in [1.29, 1.82) is 0 Å². The van der Waals surface area contributed by atoms with Crippen LogP contribution in [0.4, 0.5) is 0 Å². The van der Waals surface area contributed by atoms with E-state index in [0.29, 0.717) is 19.1 Å². The lowest BCUT2D eigenvalue weighted by molar-refractivity contribution is -0.120. The van der Waals surface area contributed by atoms with Gasteiger partial charge in [0.15, 0.2) is 0 Å². The van der Waals surface area contributed by atoms with E-state index >= 15 is 0 Å². The van der Waals surface area contributed by atoms with Gasteiger partial charge in [0.05, 0.1) is 12.6 Å². The van der Waals surface area contributed by atoms with Gasteiger partial charge in [-0.05, 0) is 25.5 Å². The molecule has 102 valence electrons. The molecule has 0 aromatic carbocycles. The number of hydrogen-bond donors (Lipinski definition) is 2. The van der Waals surface area contributed by atoms with Gasteiger partial charge in [0.2, 0.25) is 5.91 Å². The van der Waals surface area contributed by atoms with Gasteiger partial charge in [-0.2, -0.15) is 0 Å². The highest BCUT2D eigenvalue weighted by Crippen LogP contribution is 2.22. The summed E-state index contributed by atoms with van der Waals surface area (Å²) in [6.07, 6.45) is 0. The van der Waals surface area contributed by atoms with Gasteiger partial charge in [-0.1, -0.05) is 19.9 Å². The van der Waals surface area contributed by atoms with Crippen LogP contribution in [0.5, 0.6) is 0 Å². The van der Waals surface area contributed by atoms with Crippen molar-refractivity contribution in [3.63, 3.8) is 0 Å². The predicted molar refractivity (Wildman–Crippen MR) is 76.9 cm³/mol. The van der Waals surface area contributed by atoms with Crippen LogP contribution in [0.25, 0.3) is 0 Å². The van der Waals surface area contributed by atoms with Crippen LogP contribution in [0.1, 0.15) is 24.8 Å². The third-order valence-electron chi connectivity index (χ3n) is 2.66. The summed E-state index contributed by atoms with van der Waals surface area (Å²) in [7, 11) is 4.06. The maximum absolute atomic E-state index is 11.7. The summed E-state index contributed by atoms with van der Waals surface area (Å²) in [5.74, 6) is 0.0482. The number of carbonyl (C=O) groups excluding carboxylic acids is 1. The van der Waals surface area contributed by atoms with E-state index in [2.05, 4.69) is 27.0 Å². The highest BCUT2D eigenvalue weighted by molar-refractivity contribution is 7.10. The first-order valence-corrected chi connectivity index (χ1v) is 7.08. The van der Waals surface area contributed by atoms with Crippen LogP contribution in [0.15, 0.2) is 17.5 Å². The molecule has 1 rings (SSSR count). The summed E-state index contributed by atoms with van der Waals surface area (Å²) in [5.41, 5.74) is 0. The first kappa shape index (κ1) is 15.1. The van der Waals surface area contributed by atoms with E-state index in [1.807, 2.05) is 34.0 Å². The van der Waals surface area contributed by atoms with Crippen molar-refractivity contribution in [2.75, 3.05) is 27.2 Å². The molecule has 0 bridgehead atoms. The van der Waals surface area contributed by atoms with Crippen molar-refractivity contribution in [2.24, 2.45) is 0 Å². The third kappa shape index (κ3) is 5.16. The fraction of sp³-hybridized carbons (Fsp3) is 0.615. The lowest BCUT2D eigenvalue weighted by Gasteiger charge is -2.23. The van der Waals surface area contributed by atoms with Gasteiger partial charge in [0.25, 0.3) is 0 Å². The van der Waals surface area contributed by atoms with E-state index in [9.17, 15) is 4.79 Å². The predicted octanol–water partition coefficient (Wildman–Crippen LogP) is 1.46. The molecule has 1 amide bonds. The summed E-state index contributed by atoms with van der Waals surface area (Å²) in [4.78, 5) is 15.1. The van der Waals surface area contributed by atoms with Crippen molar-refractivity contribution in [3.8, 4) is 0 Å². The number of nitrogens with one attached hydrogen (secondary N) is 2. The Balaban J connectivity index is 2.41. The average Bonchev–Trinajstić information content (AvgIpc) is 2.79. The zero-order valence-electron chi connectivity index (χ0n) is 11.6. The van der Waals surface area contributed by atoms with Crippen LogP contribution in [0, 0.1) is 0 Å². The number of likely N-dealkylation sites (N-methyl/N-ethyl adjacent to an activating group) is 1. The number of carbonyl (C=O) groups is 1. The molecule has 1 aromatic heterocycles. The van der Waals surface area contributed by atoms with Crippen LogP contribution in [-0.4, -0.2) is 44.0 Å². The molecule has 5 heteroatoms. The average molecular weight is 269 g/mol. The zero-order valence-corrected chi connectivity index (χ0v) is 12.4. The van der Waals surface area contributed by atoms with Gasteiger partial charge < -0.3 is 15.5 Å². The normalized spacial score (nSPS) is 13.0. The van der Waals surface area contributed by atoms with E-state index in [-0.39, 0.29) is 11.9 Å². The molecule has 1 unspecified atom stereocenters. The molecular formula is C13H23N3OS. The SMILES string of the molecule is CC(C)NCC(=O)NCC(c1cccs1)N(C)C. The van der Waals surface area contributed by atoms with Crippen molar-refractivity contribution >= 4 is 17.2 Å². The third-order valence-corrected chi connectivity index (χ3v) is 3.63. The number of rotatable bonds is 7. The Morgan fingerprint density at radius 2 is 2.17 bits per heavy atom. The first-order chi connectivity index (χ1) is 8.50. The van der Waals surface area contributed by atoms with Crippen LogP contribution in [0.3, 0.4) is 0 Å². The van der Waals surface area contributed by atoms with Crippen molar-refractivity contribution in [1.82, 2.24) is 15.5 Å². The molecule has 0 aliphatic rings. The number of amides is 1. The Morgan fingerprint density at radius 1 is 1.44 bits per heavy atom. The molecule has 0 aliphatic heterocycles. The molecule has 0 fully saturated rings. The van der Waals surface area contributed by atoms with E-state index in [0.717, 1.165) is 0 Å². The highest BCUT2D eigenvalue weighted by Gasteiger charge is 2.15. The Labute approximate surface area is 113 Å². The van der Waals surface area contributed by atoms with Gasteiger partial charge in [-0.15, -0.1) is 11.3 Å². The van der Waals surface area contributed by atoms with Crippen molar-refractivity contribution in [2.45, 2.75) is 25.9 Å². The second-order valence-electron chi connectivity index (χ2n) is 4.83. The lowest BCUT2D eigenvalue weighted by atomic mass is 10.2. The molecule has 0 spiro atoms. The highest BCUT2D eigenvalue weighted by atomic mass is 32.1. The molecule has 1 aromatic rings. The second-order valence-corrected chi connectivity index (χ2v) is 5.81. The summed E-state index contributed by atoms with van der Waals surface area (Å²) in [6, 6.07) is 4.72. The molecule has 1 heterocycles. The van der Waals surface area contributed by atoms with Gasteiger partial charge in [0, 0.05) is 17.5 Å². The zero-order chi connectivity index (χ0) is 13.5. The molecule has 18 heavy (non-hydrogen) atoms. The van der Waals surface area contributed by atoms with Crippen LogP contribution in [-0.2, 0) is 4.79 Å². The molecule has 1 atom stereocenters. The molecule has 0 radical (unpaired) electrons. The molecule has 0 saturated carbocycles. The van der Waals surface area contributed by atoms with Crippen molar-refractivity contribution < 1.29 is 4.79 Å². The smallest absolute Gasteiger partial charge is 0.234 e. The summed E-state index contributed by atoms with van der Waals surface area (Å²) in [5, 5.41) is 8.14. The number of hydrogen-bond acceptors (Lipinski definition) is 4. The van der Waals surface area contributed by atoms with Gasteiger partial charge in [-0.3, -0.25) is 4.79 Å². The Morgan fingerprint density at radius 3 is 2.67 bits per heavy atom. The Bertz CT molecular complexity index is 349. The van der Waals surface area contributed by atoms with Crippen LogP contribution < -0.4 is 10.6 Å². The largest absolute Gasteiger partial charge is 0.353 e. The van der Waals surface area contributed by atoms with Gasteiger partial charge in [0.1, 0.15) is 0 Å². The van der Waals surface area contributed by atoms with Crippen molar-refractivity contribution in [3.05, 3.63) is 22.4 Å². The van der Waals surface area contributed by atoms with E-state index in [1.54, 1.807) is 11.3 Å². The Hall–Kier alpha value is -0.910. The van der Waals surface area contributed by atoms with Crippen LogP contribution >= 0.6 is 11.3 Å². The minimum absolute atomic E-state index is 0.0482. The molecule has 4 nitrogen and oxygen atoms in total. The quantitative estimate of drug-likeness (QED) is 0.788. The standard InChI is InChI=1S/C13H23N3OS/c1-10(2)14-9-13(17)15-8-11(16(3)4)12-6-5-7-18-12/h5-7,10-11,14H,8-9H2,1-4H3,(H,15,17). The maximum Gasteiger partial charge on any atom is 0.234 e. The van der Waals surface area contributed by atoms with E-state index < -0.39 is 0 Å². The maximum atomic E-state index is 11.7. The Kier molecular flexibility index (Phi) is 6.32. The fourth-order valence-electron chi connectivity index (χ4n) is 1.59. The van der Waals surface area contributed by atoms with E-state index in [4.69, 9.17) is 0 Å². The molecule has 0 aliphatic carbocycles. The number of nitrogens with zero attached hydrogens (tertiary/aromatic N) is 1. The summed E-state index contributed by atoms with van der Waals surface area (Å²) < 4.78 is 0. The fourth-order valence-corrected chi connectivity index (χ4v) is 2.51. The molecule has 0 saturated heterocycles. The monoisotopic (exact) mass is 269 g/mol. The van der Waals surface area contributed by atoms with Gasteiger partial charge in [-0.25, -0.2) is 0 Å². The minimum atomic E-state index is 0.0482. The second kappa shape index (κ2) is 7.51. The topological polar surface area (TPSA) is 44.4 Å². The minimum Gasteiger partial charge on any atom is -0.353 e. The van der Waals surface area contributed by atoms with Crippen LogP contribution in [0.2, 0.25) is 0 Å². The molecule has 2 N–H and O–H groups in total. The van der Waals surface area contributed by atoms with E-state index in [1.165, 1.54) is 4.88 Å². The lowest BCUT2D eigenvalue weighted by Crippen LogP contribution is -2.40. The molecular weight excluding hydrogens is 246 g/mol. The summed E-state index contributed by atoms with van der Waals surface area (Å²) in [6.45, 7) is 5.08.